The van der Waals surface area contributed by atoms with E-state index in [4.69, 9.17) is 5.11 Å². The molecule has 1 aliphatic rings. The van der Waals surface area contributed by atoms with Crippen LogP contribution in [-0.4, -0.2) is 46.9 Å². The molecule has 1 fully saturated rings. The summed E-state index contributed by atoms with van der Waals surface area (Å²) in [6.07, 6.45) is 1.87. The second-order valence-corrected chi connectivity index (χ2v) is 6.11. The number of aliphatic carboxylic acids is 1. The Labute approximate surface area is 125 Å². The third kappa shape index (κ3) is 5.73. The second kappa shape index (κ2) is 8.00. The van der Waals surface area contributed by atoms with Crippen molar-refractivity contribution < 1.29 is 19.5 Å². The molecule has 0 spiro atoms. The van der Waals surface area contributed by atoms with Gasteiger partial charge in [-0.05, 0) is 18.8 Å². The number of carboxylic acid groups (broad SMARTS) is 1. The topological polar surface area (TPSA) is 86.7 Å². The number of piperidine rings is 1. The van der Waals surface area contributed by atoms with Gasteiger partial charge in [0.25, 0.3) is 0 Å². The van der Waals surface area contributed by atoms with Crippen LogP contribution in [0.1, 0.15) is 46.5 Å². The van der Waals surface area contributed by atoms with Crippen LogP contribution in [0.3, 0.4) is 0 Å². The highest BCUT2D eigenvalue weighted by Gasteiger charge is 2.31. The van der Waals surface area contributed by atoms with Gasteiger partial charge in [0.1, 0.15) is 0 Å². The fraction of sp³-hybridized carbons (Fsp3) is 0.800. The first kappa shape index (κ1) is 17.5. The smallest absolute Gasteiger partial charge is 0.303 e. The van der Waals surface area contributed by atoms with Crippen molar-refractivity contribution in [3.63, 3.8) is 0 Å². The van der Waals surface area contributed by atoms with Crippen LogP contribution in [0.15, 0.2) is 0 Å². The van der Waals surface area contributed by atoms with E-state index in [2.05, 4.69) is 5.32 Å². The number of carbonyl (C=O) groups is 3. The van der Waals surface area contributed by atoms with E-state index in [0.29, 0.717) is 25.9 Å². The first-order valence-electron chi connectivity index (χ1n) is 7.63. The lowest BCUT2D eigenvalue weighted by Gasteiger charge is -2.38. The Morgan fingerprint density at radius 3 is 2.48 bits per heavy atom. The normalized spacial score (nSPS) is 22.2. The van der Waals surface area contributed by atoms with Crippen molar-refractivity contribution in [1.29, 1.82) is 0 Å². The third-order valence-electron chi connectivity index (χ3n) is 3.69. The van der Waals surface area contributed by atoms with Gasteiger partial charge in [0, 0.05) is 37.9 Å². The number of carboxylic acids is 1. The van der Waals surface area contributed by atoms with Crippen LogP contribution in [0.25, 0.3) is 0 Å². The first-order chi connectivity index (χ1) is 9.83. The van der Waals surface area contributed by atoms with E-state index in [1.165, 1.54) is 0 Å². The average Bonchev–Trinajstić information content (AvgIpc) is 2.37. The van der Waals surface area contributed by atoms with Crippen molar-refractivity contribution in [3.05, 3.63) is 0 Å². The summed E-state index contributed by atoms with van der Waals surface area (Å²) >= 11 is 0. The SMILES string of the molecule is CCCC(=O)N1CC(CC(=O)O)CC(NC(=O)C(C)C)C1. The summed E-state index contributed by atoms with van der Waals surface area (Å²) in [4.78, 5) is 36.5. The number of nitrogens with one attached hydrogen (secondary N) is 1. The summed E-state index contributed by atoms with van der Waals surface area (Å²) in [5.41, 5.74) is 0. The maximum Gasteiger partial charge on any atom is 0.303 e. The Morgan fingerprint density at radius 2 is 1.95 bits per heavy atom. The Balaban J connectivity index is 2.71. The van der Waals surface area contributed by atoms with E-state index in [9.17, 15) is 14.4 Å². The molecule has 0 bridgehead atoms. The van der Waals surface area contributed by atoms with Gasteiger partial charge in [0.2, 0.25) is 11.8 Å². The zero-order chi connectivity index (χ0) is 16.0. The zero-order valence-corrected chi connectivity index (χ0v) is 13.1. The second-order valence-electron chi connectivity index (χ2n) is 6.11. The highest BCUT2D eigenvalue weighted by molar-refractivity contribution is 5.79. The molecule has 6 nitrogen and oxygen atoms in total. The van der Waals surface area contributed by atoms with E-state index in [1.54, 1.807) is 4.90 Å². The molecule has 2 atom stereocenters. The molecular weight excluding hydrogens is 272 g/mol. The number of hydrogen-bond donors (Lipinski definition) is 2. The largest absolute Gasteiger partial charge is 0.481 e. The first-order valence-corrected chi connectivity index (χ1v) is 7.63. The van der Waals surface area contributed by atoms with Crippen LogP contribution in [0.2, 0.25) is 0 Å². The van der Waals surface area contributed by atoms with E-state index in [1.807, 2.05) is 20.8 Å². The van der Waals surface area contributed by atoms with E-state index < -0.39 is 5.97 Å². The lowest BCUT2D eigenvalue weighted by molar-refractivity contribution is -0.141. The maximum absolute atomic E-state index is 12.1. The molecule has 2 amide bonds. The minimum Gasteiger partial charge on any atom is -0.481 e. The minimum absolute atomic E-state index is 0.0317. The quantitative estimate of drug-likeness (QED) is 0.772. The predicted molar refractivity (Wildman–Crippen MR) is 78.6 cm³/mol. The van der Waals surface area contributed by atoms with Gasteiger partial charge in [-0.3, -0.25) is 14.4 Å². The van der Waals surface area contributed by atoms with Crippen molar-refractivity contribution in [2.75, 3.05) is 13.1 Å². The third-order valence-corrected chi connectivity index (χ3v) is 3.69. The molecule has 0 aromatic heterocycles. The molecule has 0 aliphatic carbocycles. The number of amides is 2. The molecule has 2 unspecified atom stereocenters. The van der Waals surface area contributed by atoms with Crippen LogP contribution in [0.4, 0.5) is 0 Å². The highest BCUT2D eigenvalue weighted by atomic mass is 16.4. The molecule has 1 aliphatic heterocycles. The maximum atomic E-state index is 12.1. The molecule has 6 heteroatoms. The Bertz CT molecular complexity index is 395. The molecule has 0 aromatic carbocycles. The molecule has 120 valence electrons. The van der Waals surface area contributed by atoms with Gasteiger partial charge in [0.15, 0.2) is 0 Å². The van der Waals surface area contributed by atoms with Crippen molar-refractivity contribution in [3.8, 4) is 0 Å². The van der Waals surface area contributed by atoms with Crippen LogP contribution in [0.5, 0.6) is 0 Å². The van der Waals surface area contributed by atoms with Crippen molar-refractivity contribution in [1.82, 2.24) is 10.2 Å². The van der Waals surface area contributed by atoms with Crippen molar-refractivity contribution in [2.24, 2.45) is 11.8 Å². The number of rotatable bonds is 6. The molecule has 2 N–H and O–H groups in total. The van der Waals surface area contributed by atoms with Gasteiger partial charge < -0.3 is 15.3 Å². The van der Waals surface area contributed by atoms with Gasteiger partial charge >= 0.3 is 5.97 Å². The number of nitrogens with zero attached hydrogens (tertiary/aromatic N) is 1. The van der Waals surface area contributed by atoms with E-state index in [-0.39, 0.29) is 36.1 Å². The summed E-state index contributed by atoms with van der Waals surface area (Å²) in [5.74, 6) is -1.10. The Hall–Kier alpha value is -1.59. The van der Waals surface area contributed by atoms with E-state index >= 15 is 0 Å². The van der Waals surface area contributed by atoms with Crippen molar-refractivity contribution in [2.45, 2.75) is 52.5 Å². The average molecular weight is 298 g/mol. The predicted octanol–water partition coefficient (Wildman–Crippen LogP) is 1.25. The Kier molecular flexibility index (Phi) is 6.65. The van der Waals surface area contributed by atoms with Gasteiger partial charge in [-0.15, -0.1) is 0 Å². The fourth-order valence-corrected chi connectivity index (χ4v) is 2.65. The molecular formula is C15H26N2O4. The highest BCUT2D eigenvalue weighted by Crippen LogP contribution is 2.21. The van der Waals surface area contributed by atoms with Gasteiger partial charge in [-0.2, -0.15) is 0 Å². The monoisotopic (exact) mass is 298 g/mol. The Morgan fingerprint density at radius 1 is 1.29 bits per heavy atom. The van der Waals surface area contributed by atoms with Gasteiger partial charge in [0.05, 0.1) is 0 Å². The molecule has 1 heterocycles. The number of likely N-dealkylation sites (tertiary alicyclic amines) is 1. The zero-order valence-electron chi connectivity index (χ0n) is 13.1. The molecule has 21 heavy (non-hydrogen) atoms. The van der Waals surface area contributed by atoms with Crippen molar-refractivity contribution >= 4 is 17.8 Å². The van der Waals surface area contributed by atoms with E-state index in [0.717, 1.165) is 6.42 Å². The standard InChI is InChI=1S/C15H26N2O4/c1-4-5-13(18)17-8-11(7-14(19)20)6-12(9-17)16-15(21)10(2)3/h10-12H,4-9H2,1-3H3,(H,16,21)(H,19,20). The lowest BCUT2D eigenvalue weighted by Crippen LogP contribution is -2.53. The summed E-state index contributed by atoms with van der Waals surface area (Å²) in [6, 6.07) is -0.154. The number of carbonyl (C=O) groups excluding carboxylic acids is 2. The number of hydrogen-bond acceptors (Lipinski definition) is 3. The molecule has 1 rings (SSSR count). The summed E-state index contributed by atoms with van der Waals surface area (Å²) in [5, 5.41) is 11.9. The fourth-order valence-electron chi connectivity index (χ4n) is 2.65. The summed E-state index contributed by atoms with van der Waals surface area (Å²) < 4.78 is 0. The molecule has 0 aromatic rings. The van der Waals surface area contributed by atoms with Crippen LogP contribution in [0, 0.1) is 11.8 Å². The molecule has 0 radical (unpaired) electrons. The van der Waals surface area contributed by atoms with Crippen LogP contribution < -0.4 is 5.32 Å². The van der Waals surface area contributed by atoms with Crippen LogP contribution in [-0.2, 0) is 14.4 Å². The summed E-state index contributed by atoms with van der Waals surface area (Å²) in [7, 11) is 0. The molecule has 1 saturated heterocycles. The molecule has 0 saturated carbocycles. The lowest BCUT2D eigenvalue weighted by atomic mass is 9.91. The van der Waals surface area contributed by atoms with Crippen LogP contribution >= 0.6 is 0 Å². The summed E-state index contributed by atoms with van der Waals surface area (Å²) in [6.45, 7) is 6.51. The minimum atomic E-state index is -0.862. The van der Waals surface area contributed by atoms with Gasteiger partial charge in [-0.25, -0.2) is 0 Å². The van der Waals surface area contributed by atoms with Gasteiger partial charge in [-0.1, -0.05) is 20.8 Å².